The van der Waals surface area contributed by atoms with Crippen LogP contribution in [0, 0.1) is 29.5 Å². The highest BCUT2D eigenvalue weighted by Gasteiger charge is 2.30. The standard InChI is InChI=1S/C30H39FO2/c1-20-3-5-22(6-4-20)23-7-9-24(10-8-23)27-15-16-28(29(31)17-27)25-11-13-26(14-12-25)30-32-18-21(2)19-33-30/h11-17,20-24,30H,3-10,18-19H2,1-2H3. The minimum atomic E-state index is -0.311. The van der Waals surface area contributed by atoms with E-state index in [0.717, 1.165) is 28.9 Å². The van der Waals surface area contributed by atoms with E-state index in [1.165, 1.54) is 56.9 Å². The molecule has 1 aliphatic heterocycles. The lowest BCUT2D eigenvalue weighted by Gasteiger charge is -2.37. The molecule has 5 rings (SSSR count). The minimum Gasteiger partial charge on any atom is -0.348 e. The summed E-state index contributed by atoms with van der Waals surface area (Å²) in [5.74, 6) is 3.60. The molecule has 1 saturated heterocycles. The quantitative estimate of drug-likeness (QED) is 0.466. The summed E-state index contributed by atoms with van der Waals surface area (Å²) < 4.78 is 26.7. The van der Waals surface area contributed by atoms with Crippen LogP contribution in [-0.2, 0) is 9.47 Å². The Morgan fingerprint density at radius 3 is 1.85 bits per heavy atom. The highest BCUT2D eigenvalue weighted by Crippen LogP contribution is 2.44. The fraction of sp³-hybridized carbons (Fsp3) is 0.600. The van der Waals surface area contributed by atoms with Crippen molar-refractivity contribution in [2.24, 2.45) is 23.7 Å². The average Bonchev–Trinajstić information content (AvgIpc) is 2.85. The highest BCUT2D eigenvalue weighted by molar-refractivity contribution is 5.65. The van der Waals surface area contributed by atoms with Gasteiger partial charge in [0.2, 0.25) is 0 Å². The summed E-state index contributed by atoms with van der Waals surface area (Å²) in [7, 11) is 0. The summed E-state index contributed by atoms with van der Waals surface area (Å²) in [6.07, 6.45) is 10.4. The largest absolute Gasteiger partial charge is 0.348 e. The van der Waals surface area contributed by atoms with E-state index in [-0.39, 0.29) is 12.1 Å². The molecule has 2 aliphatic carbocycles. The Bertz CT molecular complexity index is 899. The van der Waals surface area contributed by atoms with Crippen molar-refractivity contribution >= 4 is 0 Å². The van der Waals surface area contributed by atoms with Crippen molar-refractivity contribution in [1.82, 2.24) is 0 Å². The first-order valence-corrected chi connectivity index (χ1v) is 13.2. The fourth-order valence-electron chi connectivity index (χ4n) is 6.31. The first-order valence-electron chi connectivity index (χ1n) is 13.2. The third-order valence-electron chi connectivity index (χ3n) is 8.52. The van der Waals surface area contributed by atoms with E-state index in [0.29, 0.717) is 30.6 Å². The Morgan fingerprint density at radius 2 is 1.24 bits per heavy atom. The van der Waals surface area contributed by atoms with Gasteiger partial charge in [-0.1, -0.05) is 63.1 Å². The molecule has 2 aromatic rings. The van der Waals surface area contributed by atoms with E-state index in [9.17, 15) is 0 Å². The second-order valence-electron chi connectivity index (χ2n) is 11.1. The molecule has 0 N–H and O–H groups in total. The smallest absolute Gasteiger partial charge is 0.183 e. The molecule has 1 heterocycles. The van der Waals surface area contributed by atoms with Gasteiger partial charge in [-0.05, 0) is 79.4 Å². The molecule has 0 bridgehead atoms. The lowest BCUT2D eigenvalue weighted by Crippen LogP contribution is -2.24. The monoisotopic (exact) mass is 450 g/mol. The second-order valence-corrected chi connectivity index (χ2v) is 11.1. The fourth-order valence-corrected chi connectivity index (χ4v) is 6.31. The zero-order chi connectivity index (χ0) is 22.8. The van der Waals surface area contributed by atoms with Crippen molar-refractivity contribution in [3.8, 4) is 11.1 Å². The van der Waals surface area contributed by atoms with Crippen molar-refractivity contribution in [3.63, 3.8) is 0 Å². The molecule has 178 valence electrons. The second kappa shape index (κ2) is 10.3. The number of hydrogen-bond donors (Lipinski definition) is 0. The van der Waals surface area contributed by atoms with Gasteiger partial charge in [0.05, 0.1) is 13.2 Å². The van der Waals surface area contributed by atoms with E-state index in [1.807, 2.05) is 30.3 Å². The molecule has 2 saturated carbocycles. The number of rotatable bonds is 4. The summed E-state index contributed by atoms with van der Waals surface area (Å²) in [6.45, 7) is 5.95. The topological polar surface area (TPSA) is 18.5 Å². The Kier molecular flexibility index (Phi) is 7.18. The number of benzene rings is 2. The van der Waals surface area contributed by atoms with Gasteiger partial charge in [0.1, 0.15) is 5.82 Å². The molecule has 0 amide bonds. The molecule has 0 radical (unpaired) electrons. The number of hydrogen-bond acceptors (Lipinski definition) is 2. The average molecular weight is 451 g/mol. The van der Waals surface area contributed by atoms with Gasteiger partial charge in [-0.15, -0.1) is 0 Å². The Morgan fingerprint density at radius 1 is 0.667 bits per heavy atom. The minimum absolute atomic E-state index is 0.109. The summed E-state index contributed by atoms with van der Waals surface area (Å²) in [6, 6.07) is 13.9. The van der Waals surface area contributed by atoms with Crippen LogP contribution >= 0.6 is 0 Å². The molecule has 0 atom stereocenters. The molecule has 2 aromatic carbocycles. The van der Waals surface area contributed by atoms with Crippen LogP contribution in [0.1, 0.15) is 88.5 Å². The maximum atomic E-state index is 15.1. The van der Waals surface area contributed by atoms with Crippen LogP contribution in [-0.4, -0.2) is 13.2 Å². The van der Waals surface area contributed by atoms with Crippen LogP contribution in [0.15, 0.2) is 42.5 Å². The maximum Gasteiger partial charge on any atom is 0.183 e. The van der Waals surface area contributed by atoms with Gasteiger partial charge < -0.3 is 9.47 Å². The molecule has 0 spiro atoms. The molecule has 0 unspecified atom stereocenters. The Labute approximate surface area is 198 Å². The van der Waals surface area contributed by atoms with Crippen LogP contribution < -0.4 is 0 Å². The molecule has 3 heteroatoms. The predicted molar refractivity (Wildman–Crippen MR) is 131 cm³/mol. The molecular weight excluding hydrogens is 411 g/mol. The summed E-state index contributed by atoms with van der Waals surface area (Å²) in [5, 5.41) is 0. The Hall–Kier alpha value is -1.71. The molecule has 0 aromatic heterocycles. The van der Waals surface area contributed by atoms with Gasteiger partial charge in [-0.2, -0.15) is 0 Å². The lowest BCUT2D eigenvalue weighted by atomic mass is 9.68. The number of halogens is 1. The lowest BCUT2D eigenvalue weighted by molar-refractivity contribution is -0.202. The van der Waals surface area contributed by atoms with Gasteiger partial charge in [0.15, 0.2) is 6.29 Å². The summed E-state index contributed by atoms with van der Waals surface area (Å²) in [5.41, 5.74) is 3.75. The molecular formula is C30H39FO2. The van der Waals surface area contributed by atoms with Gasteiger partial charge in [0.25, 0.3) is 0 Å². The van der Waals surface area contributed by atoms with Crippen molar-refractivity contribution < 1.29 is 13.9 Å². The zero-order valence-corrected chi connectivity index (χ0v) is 20.3. The Balaban J connectivity index is 1.20. The van der Waals surface area contributed by atoms with E-state index in [4.69, 9.17) is 9.47 Å². The van der Waals surface area contributed by atoms with Crippen LogP contribution in [0.3, 0.4) is 0 Å². The highest BCUT2D eigenvalue weighted by atomic mass is 19.1. The van der Waals surface area contributed by atoms with Crippen LogP contribution in [0.2, 0.25) is 0 Å². The van der Waals surface area contributed by atoms with Gasteiger partial charge in [-0.25, -0.2) is 4.39 Å². The molecule has 2 nitrogen and oxygen atoms in total. The SMILES string of the molecule is CC1CCC(C2CCC(c3ccc(-c4ccc(C5OCC(C)CO5)cc4)c(F)c3)CC2)CC1. The van der Waals surface area contributed by atoms with E-state index in [2.05, 4.69) is 19.9 Å². The van der Waals surface area contributed by atoms with Crippen molar-refractivity contribution in [2.45, 2.75) is 77.4 Å². The van der Waals surface area contributed by atoms with Crippen molar-refractivity contribution in [3.05, 3.63) is 59.4 Å². The van der Waals surface area contributed by atoms with Crippen LogP contribution in [0.4, 0.5) is 4.39 Å². The summed E-state index contributed by atoms with van der Waals surface area (Å²) in [4.78, 5) is 0. The van der Waals surface area contributed by atoms with Crippen molar-refractivity contribution in [1.29, 1.82) is 0 Å². The van der Waals surface area contributed by atoms with Crippen molar-refractivity contribution in [2.75, 3.05) is 13.2 Å². The molecule has 3 fully saturated rings. The van der Waals surface area contributed by atoms with Gasteiger partial charge in [0, 0.05) is 17.0 Å². The first-order chi connectivity index (χ1) is 16.1. The number of ether oxygens (including phenoxy) is 2. The molecule has 3 aliphatic rings. The third kappa shape index (κ3) is 5.35. The third-order valence-corrected chi connectivity index (χ3v) is 8.52. The van der Waals surface area contributed by atoms with E-state index >= 15 is 4.39 Å². The van der Waals surface area contributed by atoms with E-state index < -0.39 is 0 Å². The van der Waals surface area contributed by atoms with E-state index in [1.54, 1.807) is 6.07 Å². The van der Waals surface area contributed by atoms with Crippen LogP contribution in [0.25, 0.3) is 11.1 Å². The van der Waals surface area contributed by atoms with Gasteiger partial charge in [-0.3, -0.25) is 0 Å². The first kappa shape index (κ1) is 23.1. The molecule has 33 heavy (non-hydrogen) atoms. The maximum absolute atomic E-state index is 15.1. The zero-order valence-electron chi connectivity index (χ0n) is 20.3. The van der Waals surface area contributed by atoms with Gasteiger partial charge >= 0.3 is 0 Å². The predicted octanol–water partition coefficient (Wildman–Crippen LogP) is 8.27. The summed E-state index contributed by atoms with van der Waals surface area (Å²) >= 11 is 0. The normalized spacial score (nSPS) is 33.1. The van der Waals surface area contributed by atoms with Crippen LogP contribution in [0.5, 0.6) is 0 Å².